The Morgan fingerprint density at radius 2 is 2.10 bits per heavy atom. The zero-order chi connectivity index (χ0) is 15.1. The van der Waals surface area contributed by atoms with Gasteiger partial charge in [-0.3, -0.25) is 0 Å². The Kier molecular flexibility index (Phi) is 6.37. The lowest BCUT2D eigenvalue weighted by atomic mass is 10.4. The van der Waals surface area contributed by atoms with Gasteiger partial charge in [-0.1, -0.05) is 31.6 Å². The van der Waals surface area contributed by atoms with Gasteiger partial charge in [-0.15, -0.1) is 4.68 Å². The highest BCUT2D eigenvalue weighted by Gasteiger charge is 2.14. The average molecular weight is 300 g/mol. The number of amides is 2. The summed E-state index contributed by atoms with van der Waals surface area (Å²) < 4.78 is 6.15. The maximum absolute atomic E-state index is 11.9. The van der Waals surface area contributed by atoms with Crippen molar-refractivity contribution in [3.63, 3.8) is 0 Å². The van der Waals surface area contributed by atoms with Crippen LogP contribution >= 0.6 is 11.3 Å². The van der Waals surface area contributed by atoms with Gasteiger partial charge in [0.1, 0.15) is 5.01 Å². The molecule has 0 atom stereocenters. The van der Waals surface area contributed by atoms with Crippen molar-refractivity contribution in [1.82, 2.24) is 14.7 Å². The number of aromatic nitrogens is 2. The van der Waals surface area contributed by atoms with Crippen molar-refractivity contribution in [2.75, 3.05) is 20.7 Å². The van der Waals surface area contributed by atoms with Crippen LogP contribution in [-0.2, 0) is 11.2 Å². The van der Waals surface area contributed by atoms with Gasteiger partial charge in [0.25, 0.3) is 0 Å². The Morgan fingerprint density at radius 3 is 2.65 bits per heavy atom. The summed E-state index contributed by atoms with van der Waals surface area (Å²) in [7, 11) is 3.19. The molecule has 0 saturated heterocycles. The number of carbonyl (C=O) groups excluding carboxylic acids is 2. The number of aryl methyl sites for hydroxylation is 1. The molecule has 1 heterocycles. The van der Waals surface area contributed by atoms with Gasteiger partial charge in [0.2, 0.25) is 4.80 Å². The zero-order valence-electron chi connectivity index (χ0n) is 12.3. The van der Waals surface area contributed by atoms with E-state index in [4.69, 9.17) is 4.74 Å². The molecule has 1 rings (SSSR count). The minimum atomic E-state index is -0.597. The molecule has 112 valence electrons. The van der Waals surface area contributed by atoms with Crippen LogP contribution in [0.4, 0.5) is 9.59 Å². The molecule has 20 heavy (non-hydrogen) atoms. The first-order chi connectivity index (χ1) is 9.49. The van der Waals surface area contributed by atoms with Crippen molar-refractivity contribution >= 4 is 23.5 Å². The number of unbranched alkanes of at least 4 members (excludes halogenated alkanes) is 1. The minimum Gasteiger partial charge on any atom is -0.448 e. The SMILES string of the molecule is CCCCOC(=O)n1nc(CC)sc1=NC(=O)N(C)C. The fourth-order valence-corrected chi connectivity index (χ4v) is 2.01. The Bertz CT molecular complexity index is 533. The molecule has 0 aliphatic heterocycles. The van der Waals surface area contributed by atoms with Gasteiger partial charge in [-0.05, 0) is 12.8 Å². The van der Waals surface area contributed by atoms with Crippen LogP contribution in [-0.4, -0.2) is 47.5 Å². The molecule has 1 aromatic rings. The second-order valence-electron chi connectivity index (χ2n) is 4.30. The fourth-order valence-electron chi connectivity index (χ4n) is 1.20. The first-order valence-corrected chi connectivity index (χ1v) is 7.33. The molecule has 0 unspecified atom stereocenters. The quantitative estimate of drug-likeness (QED) is 0.795. The van der Waals surface area contributed by atoms with Gasteiger partial charge in [-0.25, -0.2) is 9.59 Å². The zero-order valence-corrected chi connectivity index (χ0v) is 13.1. The van der Waals surface area contributed by atoms with Crippen molar-refractivity contribution in [2.45, 2.75) is 33.1 Å². The predicted molar refractivity (Wildman–Crippen MR) is 75.8 cm³/mol. The van der Waals surface area contributed by atoms with E-state index in [0.29, 0.717) is 13.0 Å². The van der Waals surface area contributed by atoms with Gasteiger partial charge in [0.05, 0.1) is 6.61 Å². The summed E-state index contributed by atoms with van der Waals surface area (Å²) in [4.78, 5) is 29.0. The summed E-state index contributed by atoms with van der Waals surface area (Å²) in [6, 6.07) is -0.439. The first-order valence-electron chi connectivity index (χ1n) is 6.51. The molecular weight excluding hydrogens is 280 g/mol. The molecule has 0 bridgehead atoms. The van der Waals surface area contributed by atoms with Crippen LogP contribution in [0.3, 0.4) is 0 Å². The normalized spacial score (nSPS) is 11.5. The highest BCUT2D eigenvalue weighted by molar-refractivity contribution is 7.08. The smallest absolute Gasteiger partial charge is 0.437 e. The lowest BCUT2D eigenvalue weighted by Crippen LogP contribution is -2.29. The van der Waals surface area contributed by atoms with Crippen molar-refractivity contribution in [3.8, 4) is 0 Å². The number of ether oxygens (including phenoxy) is 1. The van der Waals surface area contributed by atoms with E-state index in [9.17, 15) is 9.59 Å². The molecule has 7 nitrogen and oxygen atoms in total. The van der Waals surface area contributed by atoms with Crippen molar-refractivity contribution in [1.29, 1.82) is 0 Å². The molecule has 0 N–H and O–H groups in total. The molecule has 2 amide bonds. The summed E-state index contributed by atoms with van der Waals surface area (Å²) in [6.07, 6.45) is 1.80. The van der Waals surface area contributed by atoms with Gasteiger partial charge in [-0.2, -0.15) is 10.1 Å². The molecule has 0 fully saturated rings. The lowest BCUT2D eigenvalue weighted by molar-refractivity contribution is 0.141. The standard InChI is InChI=1S/C12H20N4O3S/c1-5-7-8-19-12(18)16-11(13-10(17)15(3)4)20-9(6-2)14-16/h5-8H2,1-4H3. The van der Waals surface area contributed by atoms with Crippen LogP contribution in [0.1, 0.15) is 31.7 Å². The van der Waals surface area contributed by atoms with E-state index >= 15 is 0 Å². The van der Waals surface area contributed by atoms with Crippen molar-refractivity contribution < 1.29 is 14.3 Å². The second kappa shape index (κ2) is 7.78. The Labute approximate surface area is 121 Å². The van der Waals surface area contributed by atoms with E-state index in [2.05, 4.69) is 10.1 Å². The number of carbonyl (C=O) groups is 2. The fraction of sp³-hybridized carbons (Fsp3) is 0.667. The molecule has 0 aromatic carbocycles. The number of rotatable bonds is 4. The van der Waals surface area contributed by atoms with Crippen LogP contribution in [0.25, 0.3) is 0 Å². The Balaban J connectivity index is 3.02. The van der Waals surface area contributed by atoms with E-state index in [1.54, 1.807) is 14.1 Å². The Hall–Kier alpha value is -1.70. The third-order valence-corrected chi connectivity index (χ3v) is 3.43. The van der Waals surface area contributed by atoms with E-state index in [1.807, 2.05) is 13.8 Å². The molecule has 0 aliphatic carbocycles. The van der Waals surface area contributed by atoms with E-state index in [-0.39, 0.29) is 4.80 Å². The summed E-state index contributed by atoms with van der Waals surface area (Å²) in [6.45, 7) is 4.26. The third kappa shape index (κ3) is 4.44. The molecule has 0 radical (unpaired) electrons. The molecule has 0 spiro atoms. The van der Waals surface area contributed by atoms with Crippen LogP contribution in [0, 0.1) is 0 Å². The number of hydrogen-bond donors (Lipinski definition) is 0. The van der Waals surface area contributed by atoms with E-state index < -0.39 is 12.1 Å². The summed E-state index contributed by atoms with van der Waals surface area (Å²) in [5, 5.41) is 4.84. The highest BCUT2D eigenvalue weighted by Crippen LogP contribution is 2.01. The van der Waals surface area contributed by atoms with Gasteiger partial charge in [0.15, 0.2) is 0 Å². The lowest BCUT2D eigenvalue weighted by Gasteiger charge is -2.05. The summed E-state index contributed by atoms with van der Waals surface area (Å²) in [5.41, 5.74) is 0. The maximum Gasteiger partial charge on any atom is 0.437 e. The second-order valence-corrected chi connectivity index (χ2v) is 5.34. The number of nitrogens with zero attached hydrogens (tertiary/aromatic N) is 4. The van der Waals surface area contributed by atoms with Crippen LogP contribution in [0.5, 0.6) is 0 Å². The van der Waals surface area contributed by atoms with Crippen molar-refractivity contribution in [3.05, 3.63) is 9.81 Å². The van der Waals surface area contributed by atoms with Gasteiger partial charge in [0, 0.05) is 14.1 Å². The highest BCUT2D eigenvalue weighted by atomic mass is 32.1. The van der Waals surface area contributed by atoms with Crippen molar-refractivity contribution in [2.24, 2.45) is 4.99 Å². The molecule has 0 aliphatic rings. The van der Waals surface area contributed by atoms with Crippen LogP contribution in [0.15, 0.2) is 4.99 Å². The molecule has 0 saturated carbocycles. The number of urea groups is 1. The summed E-state index contributed by atoms with van der Waals surface area (Å²) in [5.74, 6) is 0. The molecule has 8 heteroatoms. The minimum absolute atomic E-state index is 0.238. The van der Waals surface area contributed by atoms with Gasteiger partial charge >= 0.3 is 12.1 Å². The van der Waals surface area contributed by atoms with E-state index in [1.165, 1.54) is 16.2 Å². The monoisotopic (exact) mass is 300 g/mol. The largest absolute Gasteiger partial charge is 0.448 e. The average Bonchev–Trinajstić information content (AvgIpc) is 2.82. The molecular formula is C12H20N4O3S. The predicted octanol–water partition coefficient (Wildman–Crippen LogP) is 1.87. The third-order valence-electron chi connectivity index (χ3n) is 2.37. The van der Waals surface area contributed by atoms with E-state index in [0.717, 1.165) is 22.5 Å². The topological polar surface area (TPSA) is 76.8 Å². The first kappa shape index (κ1) is 16.4. The van der Waals surface area contributed by atoms with Crippen LogP contribution in [0.2, 0.25) is 0 Å². The Morgan fingerprint density at radius 1 is 1.40 bits per heavy atom. The maximum atomic E-state index is 11.9. The molecule has 1 aromatic heterocycles. The summed E-state index contributed by atoms with van der Waals surface area (Å²) >= 11 is 1.21. The van der Waals surface area contributed by atoms with Gasteiger partial charge < -0.3 is 9.64 Å². The number of hydrogen-bond acceptors (Lipinski definition) is 5. The van der Waals surface area contributed by atoms with Crippen LogP contribution < -0.4 is 4.80 Å².